The number of benzene rings is 2. The van der Waals surface area contributed by atoms with E-state index in [-0.39, 0.29) is 0 Å². The van der Waals surface area contributed by atoms with Crippen LogP contribution in [0.15, 0.2) is 60.7 Å². The molecule has 0 saturated heterocycles. The SMILES string of the molecule is Clc1ccc(-c2cc(Cl)nnc2-c2ccccc2)cc1. The van der Waals surface area contributed by atoms with E-state index < -0.39 is 0 Å². The average molecular weight is 301 g/mol. The van der Waals surface area contributed by atoms with Crippen molar-refractivity contribution in [3.8, 4) is 22.4 Å². The van der Waals surface area contributed by atoms with Gasteiger partial charge in [0.2, 0.25) is 0 Å². The topological polar surface area (TPSA) is 25.8 Å². The van der Waals surface area contributed by atoms with Gasteiger partial charge in [-0.1, -0.05) is 65.7 Å². The Morgan fingerprint density at radius 2 is 1.40 bits per heavy atom. The molecule has 98 valence electrons. The van der Waals surface area contributed by atoms with Crippen LogP contribution in [0.5, 0.6) is 0 Å². The van der Waals surface area contributed by atoms with Crippen LogP contribution in [0.4, 0.5) is 0 Å². The van der Waals surface area contributed by atoms with Gasteiger partial charge < -0.3 is 0 Å². The molecule has 0 bridgehead atoms. The summed E-state index contributed by atoms with van der Waals surface area (Å²) in [5.41, 5.74) is 3.75. The molecule has 0 aliphatic heterocycles. The fourth-order valence-electron chi connectivity index (χ4n) is 2.03. The third-order valence-electron chi connectivity index (χ3n) is 2.97. The van der Waals surface area contributed by atoms with Crippen LogP contribution in [0.2, 0.25) is 10.2 Å². The van der Waals surface area contributed by atoms with Crippen molar-refractivity contribution in [2.45, 2.75) is 0 Å². The van der Waals surface area contributed by atoms with Gasteiger partial charge in [0, 0.05) is 16.1 Å². The molecule has 0 amide bonds. The summed E-state index contributed by atoms with van der Waals surface area (Å²) >= 11 is 11.9. The maximum Gasteiger partial charge on any atom is 0.152 e. The van der Waals surface area contributed by atoms with Crippen LogP contribution in [-0.4, -0.2) is 10.2 Å². The van der Waals surface area contributed by atoms with Crippen LogP contribution in [-0.2, 0) is 0 Å². The molecule has 0 unspecified atom stereocenters. The molecule has 3 rings (SSSR count). The smallest absolute Gasteiger partial charge is 0.148 e. The molecule has 4 heteroatoms. The largest absolute Gasteiger partial charge is 0.152 e. The fraction of sp³-hybridized carbons (Fsp3) is 0. The highest BCUT2D eigenvalue weighted by Crippen LogP contribution is 2.31. The molecule has 0 aliphatic carbocycles. The van der Waals surface area contributed by atoms with Gasteiger partial charge in [0.25, 0.3) is 0 Å². The van der Waals surface area contributed by atoms with E-state index in [2.05, 4.69) is 10.2 Å². The summed E-state index contributed by atoms with van der Waals surface area (Å²) in [6.07, 6.45) is 0. The van der Waals surface area contributed by atoms with E-state index in [0.29, 0.717) is 10.2 Å². The fourth-order valence-corrected chi connectivity index (χ4v) is 2.30. The number of halogens is 2. The minimum Gasteiger partial charge on any atom is -0.148 e. The zero-order chi connectivity index (χ0) is 13.9. The summed E-state index contributed by atoms with van der Waals surface area (Å²) in [6.45, 7) is 0. The van der Waals surface area contributed by atoms with Gasteiger partial charge in [-0.25, -0.2) is 0 Å². The normalized spacial score (nSPS) is 10.5. The van der Waals surface area contributed by atoms with Gasteiger partial charge in [-0.3, -0.25) is 0 Å². The molecule has 0 aliphatic rings. The Bertz CT molecular complexity index is 725. The van der Waals surface area contributed by atoms with E-state index in [1.165, 1.54) is 0 Å². The van der Waals surface area contributed by atoms with Crippen molar-refractivity contribution < 1.29 is 0 Å². The van der Waals surface area contributed by atoms with Gasteiger partial charge in [-0.2, -0.15) is 0 Å². The third-order valence-corrected chi connectivity index (χ3v) is 3.40. The Hall–Kier alpha value is -1.90. The Kier molecular flexibility index (Phi) is 3.68. The second-order valence-electron chi connectivity index (χ2n) is 4.30. The average Bonchev–Trinajstić information content (AvgIpc) is 2.49. The lowest BCUT2D eigenvalue weighted by Crippen LogP contribution is -1.92. The third kappa shape index (κ3) is 2.67. The summed E-state index contributed by atoms with van der Waals surface area (Å²) in [5, 5.41) is 9.25. The number of nitrogens with zero attached hydrogens (tertiary/aromatic N) is 2. The highest BCUT2D eigenvalue weighted by molar-refractivity contribution is 6.30. The predicted octanol–water partition coefficient (Wildman–Crippen LogP) is 5.12. The van der Waals surface area contributed by atoms with Crippen molar-refractivity contribution in [1.82, 2.24) is 10.2 Å². The maximum absolute atomic E-state index is 5.99. The van der Waals surface area contributed by atoms with Gasteiger partial charge in [0.05, 0.1) is 0 Å². The molecular weight excluding hydrogens is 291 g/mol. The monoisotopic (exact) mass is 300 g/mol. The van der Waals surface area contributed by atoms with E-state index in [4.69, 9.17) is 23.2 Å². The molecule has 2 nitrogen and oxygen atoms in total. The quantitative estimate of drug-likeness (QED) is 0.656. The Balaban J connectivity index is 2.19. The molecule has 3 aromatic rings. The number of rotatable bonds is 2. The van der Waals surface area contributed by atoms with Gasteiger partial charge in [-0.05, 0) is 23.8 Å². The highest BCUT2D eigenvalue weighted by Gasteiger charge is 2.10. The van der Waals surface area contributed by atoms with Crippen molar-refractivity contribution in [2.24, 2.45) is 0 Å². The highest BCUT2D eigenvalue weighted by atomic mass is 35.5. The van der Waals surface area contributed by atoms with Crippen molar-refractivity contribution in [3.05, 3.63) is 70.8 Å². The molecule has 20 heavy (non-hydrogen) atoms. The number of hydrogen-bond acceptors (Lipinski definition) is 2. The van der Waals surface area contributed by atoms with Crippen LogP contribution < -0.4 is 0 Å². The number of hydrogen-bond donors (Lipinski definition) is 0. The van der Waals surface area contributed by atoms with E-state index in [1.54, 1.807) is 0 Å². The second kappa shape index (κ2) is 5.61. The van der Waals surface area contributed by atoms with Crippen LogP contribution in [0.3, 0.4) is 0 Å². The molecule has 0 radical (unpaired) electrons. The zero-order valence-corrected chi connectivity index (χ0v) is 11.9. The molecule has 2 aromatic carbocycles. The lowest BCUT2D eigenvalue weighted by atomic mass is 10.0. The van der Waals surface area contributed by atoms with E-state index in [9.17, 15) is 0 Å². The first kappa shape index (κ1) is 13.1. The van der Waals surface area contributed by atoms with Gasteiger partial charge in [0.1, 0.15) is 5.69 Å². The zero-order valence-electron chi connectivity index (χ0n) is 10.4. The van der Waals surface area contributed by atoms with Crippen molar-refractivity contribution in [1.29, 1.82) is 0 Å². The standard InChI is InChI=1S/C16H10Cl2N2/c17-13-8-6-11(7-9-13)14-10-15(18)19-20-16(14)12-4-2-1-3-5-12/h1-10H. The van der Waals surface area contributed by atoms with Crippen molar-refractivity contribution >= 4 is 23.2 Å². The molecule has 0 atom stereocenters. The number of aromatic nitrogens is 2. The molecular formula is C16H10Cl2N2. The van der Waals surface area contributed by atoms with Crippen LogP contribution in [0, 0.1) is 0 Å². The molecule has 0 fully saturated rings. The summed E-state index contributed by atoms with van der Waals surface area (Å²) in [5.74, 6) is 0. The van der Waals surface area contributed by atoms with Crippen molar-refractivity contribution in [2.75, 3.05) is 0 Å². The summed E-state index contributed by atoms with van der Waals surface area (Å²) in [6, 6.07) is 19.3. The minimum atomic E-state index is 0.370. The minimum absolute atomic E-state index is 0.370. The van der Waals surface area contributed by atoms with Crippen LogP contribution >= 0.6 is 23.2 Å². The first-order valence-corrected chi connectivity index (χ1v) is 6.84. The lowest BCUT2D eigenvalue weighted by molar-refractivity contribution is 1.04. The summed E-state index contributed by atoms with van der Waals surface area (Å²) < 4.78 is 0. The van der Waals surface area contributed by atoms with Crippen molar-refractivity contribution in [3.63, 3.8) is 0 Å². The predicted molar refractivity (Wildman–Crippen MR) is 82.9 cm³/mol. The first-order chi connectivity index (χ1) is 9.74. The summed E-state index contributed by atoms with van der Waals surface area (Å²) in [4.78, 5) is 0. The summed E-state index contributed by atoms with van der Waals surface area (Å²) in [7, 11) is 0. The first-order valence-electron chi connectivity index (χ1n) is 6.08. The molecule has 1 aromatic heterocycles. The molecule has 0 spiro atoms. The maximum atomic E-state index is 5.99. The molecule has 1 heterocycles. The van der Waals surface area contributed by atoms with Gasteiger partial charge in [0.15, 0.2) is 5.15 Å². The van der Waals surface area contributed by atoms with Crippen LogP contribution in [0.25, 0.3) is 22.4 Å². The van der Waals surface area contributed by atoms with E-state index >= 15 is 0 Å². The van der Waals surface area contributed by atoms with E-state index in [0.717, 1.165) is 22.4 Å². The lowest BCUT2D eigenvalue weighted by Gasteiger charge is -2.08. The Labute approximate surface area is 127 Å². The van der Waals surface area contributed by atoms with Crippen LogP contribution in [0.1, 0.15) is 0 Å². The Morgan fingerprint density at radius 1 is 0.700 bits per heavy atom. The second-order valence-corrected chi connectivity index (χ2v) is 5.13. The van der Waals surface area contributed by atoms with Gasteiger partial charge >= 0.3 is 0 Å². The molecule has 0 saturated carbocycles. The Morgan fingerprint density at radius 3 is 2.10 bits per heavy atom. The van der Waals surface area contributed by atoms with Gasteiger partial charge in [-0.15, -0.1) is 10.2 Å². The molecule has 0 N–H and O–H groups in total. The van der Waals surface area contributed by atoms with E-state index in [1.807, 2.05) is 60.7 Å².